The molecule has 0 aliphatic heterocycles. The topological polar surface area (TPSA) is 69.6 Å². The number of nitrogens with two attached hydrogens (primary N) is 1. The van der Waals surface area contributed by atoms with Crippen molar-refractivity contribution in [2.24, 2.45) is 0 Å². The number of aromatic nitrogens is 4. The van der Waals surface area contributed by atoms with Gasteiger partial charge >= 0.3 is 0 Å². The molecule has 2 N–H and O–H groups in total. The minimum absolute atomic E-state index is 0.185. The van der Waals surface area contributed by atoms with Gasteiger partial charge in [0.1, 0.15) is 11.3 Å². The highest BCUT2D eigenvalue weighted by Gasteiger charge is 2.11. The van der Waals surface area contributed by atoms with Crippen LogP contribution >= 0.6 is 0 Å². The zero-order chi connectivity index (χ0) is 10.3. The van der Waals surface area contributed by atoms with Gasteiger partial charge in [0.15, 0.2) is 19.3 Å². The Balaban J connectivity index is 2.87. The van der Waals surface area contributed by atoms with Gasteiger partial charge in [-0.3, -0.25) is 0 Å². The van der Waals surface area contributed by atoms with Crippen molar-refractivity contribution in [2.75, 3.05) is 5.73 Å². The Morgan fingerprint density at radius 1 is 1.36 bits per heavy atom. The van der Waals surface area contributed by atoms with E-state index in [1.807, 2.05) is 18.4 Å². The van der Waals surface area contributed by atoms with E-state index in [9.17, 15) is 0 Å². The van der Waals surface area contributed by atoms with Crippen molar-refractivity contribution in [3.63, 3.8) is 0 Å². The van der Waals surface area contributed by atoms with E-state index in [0.29, 0.717) is 17.0 Å². The van der Waals surface area contributed by atoms with E-state index in [4.69, 9.17) is 13.6 Å². The van der Waals surface area contributed by atoms with E-state index in [1.165, 1.54) is 0 Å². The van der Waals surface area contributed by atoms with Gasteiger partial charge in [-0.05, 0) is 13.8 Å². The van der Waals surface area contributed by atoms with Crippen molar-refractivity contribution in [3.8, 4) is 0 Å². The molecule has 0 aromatic carbocycles. The smallest absolute Gasteiger partial charge is 0.170 e. The Hall–Kier alpha value is -1.59. The number of anilines is 1. The van der Waals surface area contributed by atoms with Crippen LogP contribution in [0.25, 0.3) is 11.2 Å². The minimum Gasteiger partial charge on any atom is -0.382 e. The molecule has 0 saturated carbocycles. The van der Waals surface area contributed by atoms with Crippen molar-refractivity contribution in [1.82, 2.24) is 19.5 Å². The normalized spacial score (nSPS) is 11.0. The predicted molar refractivity (Wildman–Crippen MR) is 55.5 cm³/mol. The highest BCUT2D eigenvalue weighted by Crippen LogP contribution is 2.15. The van der Waals surface area contributed by atoms with E-state index in [1.54, 1.807) is 0 Å². The van der Waals surface area contributed by atoms with E-state index < -0.39 is 0 Å². The summed E-state index contributed by atoms with van der Waals surface area (Å²) in [5.41, 5.74) is 7.20. The molecule has 2 rings (SSSR count). The average Bonchev–Trinajstić information content (AvgIpc) is 2.41. The highest BCUT2D eigenvalue weighted by atomic mass is 15.1. The van der Waals surface area contributed by atoms with Crippen LogP contribution < -0.4 is 11.5 Å². The van der Waals surface area contributed by atoms with Gasteiger partial charge in [-0.1, -0.05) is 0 Å². The van der Waals surface area contributed by atoms with Crippen molar-refractivity contribution in [1.29, 1.82) is 0 Å². The fourth-order valence-electron chi connectivity index (χ4n) is 1.53. The molecule has 2 aromatic heterocycles. The van der Waals surface area contributed by atoms with Gasteiger partial charge in [0.05, 0.1) is 5.72 Å². The Labute approximate surface area is 82.8 Å². The molecule has 0 atom stereocenters. The second-order valence-electron chi connectivity index (χ2n) is 3.04. The Morgan fingerprint density at radius 3 is 2.71 bits per heavy atom. The summed E-state index contributed by atoms with van der Waals surface area (Å²) in [6, 6.07) is 0. The summed E-state index contributed by atoms with van der Waals surface area (Å²) >= 11 is 0. The molecule has 0 spiro atoms. The maximum atomic E-state index is 5.69. The molecule has 0 aliphatic rings. The number of fused-ring (bicyclic) bond motifs is 1. The van der Waals surface area contributed by atoms with Crippen molar-refractivity contribution in [2.45, 2.75) is 20.4 Å². The monoisotopic (exact) mass is 187 g/mol. The molecule has 0 saturated heterocycles. The molecule has 5 nitrogen and oxygen atoms in total. The SMILES string of the molecule is [B]c1nc(N)c2nc(C)n(CC)c2n1. The molecular weight excluding hydrogens is 177 g/mol. The minimum atomic E-state index is 0.185. The molecule has 0 unspecified atom stereocenters. The second kappa shape index (κ2) is 2.97. The molecular formula is C8H10BN5. The van der Waals surface area contributed by atoms with Crippen LogP contribution in [0.5, 0.6) is 0 Å². The summed E-state index contributed by atoms with van der Waals surface area (Å²) < 4.78 is 1.95. The lowest BCUT2D eigenvalue weighted by Crippen LogP contribution is -2.16. The van der Waals surface area contributed by atoms with Gasteiger partial charge in [-0.25, -0.2) is 15.0 Å². The molecule has 14 heavy (non-hydrogen) atoms. The molecule has 0 aliphatic carbocycles. The van der Waals surface area contributed by atoms with Gasteiger partial charge in [0.2, 0.25) is 0 Å². The first kappa shape index (κ1) is 8.99. The first-order valence-electron chi connectivity index (χ1n) is 4.39. The van der Waals surface area contributed by atoms with Crippen molar-refractivity contribution in [3.05, 3.63) is 5.82 Å². The number of nitrogens with zero attached hydrogens (tertiary/aromatic N) is 4. The van der Waals surface area contributed by atoms with E-state index in [0.717, 1.165) is 12.4 Å². The molecule has 2 aromatic rings. The van der Waals surface area contributed by atoms with Crippen LogP contribution in [-0.4, -0.2) is 27.4 Å². The molecule has 2 radical (unpaired) electrons. The Kier molecular flexibility index (Phi) is 1.91. The van der Waals surface area contributed by atoms with Crippen LogP contribution in [0.1, 0.15) is 12.7 Å². The van der Waals surface area contributed by atoms with Gasteiger partial charge in [0, 0.05) is 6.54 Å². The third-order valence-electron chi connectivity index (χ3n) is 2.15. The number of hydrogen-bond donors (Lipinski definition) is 1. The van der Waals surface area contributed by atoms with Gasteiger partial charge < -0.3 is 10.3 Å². The standard InChI is InChI=1S/C8H10BN5/c1-3-14-4(2)11-5-6(10)12-8(9)13-7(5)14/h3H2,1-2H3,(H2,10,12,13). The van der Waals surface area contributed by atoms with Gasteiger partial charge in [-0.15, -0.1) is 0 Å². The fraction of sp³-hybridized carbons (Fsp3) is 0.375. The summed E-state index contributed by atoms with van der Waals surface area (Å²) in [7, 11) is 5.51. The largest absolute Gasteiger partial charge is 0.382 e. The lowest BCUT2D eigenvalue weighted by Gasteiger charge is -2.01. The van der Waals surface area contributed by atoms with Crippen molar-refractivity contribution >= 4 is 30.6 Å². The summed E-state index contributed by atoms with van der Waals surface area (Å²) in [6.45, 7) is 4.71. The molecule has 6 heteroatoms. The number of aryl methyl sites for hydroxylation is 2. The van der Waals surface area contributed by atoms with Crippen LogP contribution in [0.15, 0.2) is 0 Å². The summed E-state index contributed by atoms with van der Waals surface area (Å²) in [4.78, 5) is 12.3. The highest BCUT2D eigenvalue weighted by molar-refractivity contribution is 6.29. The Morgan fingerprint density at radius 2 is 2.07 bits per heavy atom. The van der Waals surface area contributed by atoms with Crippen LogP contribution in [-0.2, 0) is 6.54 Å². The van der Waals surface area contributed by atoms with Gasteiger partial charge in [-0.2, -0.15) is 0 Å². The van der Waals surface area contributed by atoms with E-state index >= 15 is 0 Å². The zero-order valence-electron chi connectivity index (χ0n) is 8.15. The lowest BCUT2D eigenvalue weighted by molar-refractivity contribution is 0.746. The van der Waals surface area contributed by atoms with Gasteiger partial charge in [0.25, 0.3) is 0 Å². The maximum absolute atomic E-state index is 5.69. The molecule has 2 heterocycles. The first-order valence-corrected chi connectivity index (χ1v) is 4.39. The first-order chi connectivity index (χ1) is 6.63. The number of hydrogen-bond acceptors (Lipinski definition) is 4. The Bertz CT molecular complexity index is 490. The predicted octanol–water partition coefficient (Wildman–Crippen LogP) is -0.469. The molecule has 0 amide bonds. The van der Waals surface area contributed by atoms with E-state index in [2.05, 4.69) is 15.0 Å². The molecule has 0 fully saturated rings. The van der Waals surface area contributed by atoms with Crippen LogP contribution in [0.2, 0.25) is 0 Å². The quantitative estimate of drug-likeness (QED) is 0.612. The van der Waals surface area contributed by atoms with Crippen molar-refractivity contribution < 1.29 is 0 Å². The van der Waals surface area contributed by atoms with Crippen LogP contribution in [0, 0.1) is 6.92 Å². The second-order valence-corrected chi connectivity index (χ2v) is 3.04. The number of imidazole rings is 1. The lowest BCUT2D eigenvalue weighted by atomic mass is 10.1. The van der Waals surface area contributed by atoms with E-state index in [-0.39, 0.29) is 5.72 Å². The summed E-state index contributed by atoms with van der Waals surface area (Å²) in [5, 5.41) is 0. The third-order valence-corrected chi connectivity index (χ3v) is 2.15. The molecule has 70 valence electrons. The maximum Gasteiger partial charge on any atom is 0.170 e. The summed E-state index contributed by atoms with van der Waals surface area (Å²) in [6.07, 6.45) is 0. The van der Waals surface area contributed by atoms with Crippen LogP contribution in [0.3, 0.4) is 0 Å². The fourth-order valence-corrected chi connectivity index (χ4v) is 1.53. The number of nitrogen functional groups attached to an aromatic ring is 1. The third kappa shape index (κ3) is 1.14. The van der Waals surface area contributed by atoms with Crippen LogP contribution in [0.4, 0.5) is 5.82 Å². The number of rotatable bonds is 1. The summed E-state index contributed by atoms with van der Waals surface area (Å²) in [5.74, 6) is 1.21. The average molecular weight is 187 g/mol. The molecule has 0 bridgehead atoms. The zero-order valence-corrected chi connectivity index (χ0v) is 8.15.